The molecule has 0 spiro atoms. The number of phosphoric acid groups is 6. The molecule has 408 valence electrons. The average molecular weight is 1130 g/mol. The maximum Gasteiger partial charge on any atom is 0.268 e. The zero-order chi connectivity index (χ0) is 52.1. The maximum absolute atomic E-state index is 12.1. The Morgan fingerprint density at radius 2 is 0.821 bits per heavy atom. The molecule has 5 N–H and O–H groups in total. The molecule has 34 nitrogen and oxygen atoms in total. The molecule has 0 saturated carbocycles. The minimum Gasteiger partial charge on any atom is -0.779 e. The number of ether oxygens (including phenoxy) is 3. The molecule has 9 unspecified atom stereocenters. The molecule has 0 bridgehead atoms. The Kier molecular flexibility index (Phi) is 42.8. The number of hydrogen-bond donors (Lipinski definition) is 5. The number of aliphatic hydroxyl groups excluding tert-OH is 1. The van der Waals surface area contributed by atoms with Crippen molar-refractivity contribution in [2.45, 2.75) is 32.0 Å². The number of hydrogen-bond acceptors (Lipinski definition) is 33. The molecule has 0 heterocycles. The first-order valence-electron chi connectivity index (χ1n) is 18.8. The molecule has 0 aliphatic carbocycles. The smallest absolute Gasteiger partial charge is 0.268 e. The highest BCUT2D eigenvalue weighted by Crippen LogP contribution is 2.45. The van der Waals surface area contributed by atoms with Crippen LogP contribution in [0.5, 0.6) is 0 Å². The van der Waals surface area contributed by atoms with Gasteiger partial charge in [-0.25, -0.2) is 0 Å². The van der Waals surface area contributed by atoms with Crippen molar-refractivity contribution in [3.8, 4) is 0 Å². The van der Waals surface area contributed by atoms with Gasteiger partial charge in [0.1, 0.15) is 7.60 Å². The van der Waals surface area contributed by atoms with Gasteiger partial charge in [-0.3, -0.25) is 43.3 Å². The second-order valence-corrected chi connectivity index (χ2v) is 21.6. The fourth-order valence-electron chi connectivity index (χ4n) is 3.39. The van der Waals surface area contributed by atoms with Crippen LogP contribution in [0.25, 0.3) is 0 Å². The Morgan fingerprint density at radius 1 is 0.478 bits per heavy atom. The predicted octanol–water partition coefficient (Wildman–Crippen LogP) is -4.12. The largest absolute Gasteiger partial charge is 0.779 e. The monoisotopic (exact) mass is 1130 g/mol. The summed E-state index contributed by atoms with van der Waals surface area (Å²) >= 11 is 0. The Hall–Kier alpha value is 0.530. The van der Waals surface area contributed by atoms with E-state index >= 15 is 0 Å². The molecular weight excluding hydrogens is 1070 g/mol. The standard InChI is InChI=1S/C19H47N2O22P5.C4H12O8P2.C3H9NO/c1-20-16-33-6-4-18(14-22)42-47(29,30)40-13-12-37-45(25,26)36-10-11-38-46(27,28)41-15-19(5-7-34-17-21-2)43-48(31,32)39-9-8-35-44(3,23)24;1-2-10-14(8,9)12-4-3-11-13(5,6)7;1-4-3-5-2/h18-22H,4-17H2,1-3H3,(H,23,24)(H,25,26)(H,27,28)(H,29,30)(H,31,32);2-4H2,1H3,(H,8,9)(H2,5,6,7);4H,3H2,1-2H3/p-7. The third-order valence-corrected chi connectivity index (χ3v) is 12.1. The molecule has 0 saturated heterocycles. The highest BCUT2D eigenvalue weighted by Gasteiger charge is 2.23. The lowest BCUT2D eigenvalue weighted by Gasteiger charge is -2.30. The molecule has 9 atom stereocenters. The normalized spacial score (nSPS) is 19.0. The molecule has 0 aromatic heterocycles. The molecule has 0 aliphatic heterocycles. The van der Waals surface area contributed by atoms with Crippen LogP contribution >= 0.6 is 54.5 Å². The summed E-state index contributed by atoms with van der Waals surface area (Å²) < 4.78 is 147. The quantitative estimate of drug-likeness (QED) is 0.0220. The van der Waals surface area contributed by atoms with Crippen LogP contribution in [0.1, 0.15) is 19.8 Å². The van der Waals surface area contributed by atoms with Gasteiger partial charge in [0.2, 0.25) is 0 Å². The van der Waals surface area contributed by atoms with Crippen molar-refractivity contribution < 1.29 is 145 Å². The minimum atomic E-state index is -5.20. The average Bonchev–Trinajstić information content (AvgIpc) is 3.20. The summed E-state index contributed by atoms with van der Waals surface area (Å²) in [5, 5.41) is 17.4. The summed E-state index contributed by atoms with van der Waals surface area (Å²) in [5.41, 5.74) is 0. The van der Waals surface area contributed by atoms with E-state index in [1.165, 1.54) is 6.92 Å². The van der Waals surface area contributed by atoms with Crippen LogP contribution in [-0.4, -0.2) is 163 Å². The van der Waals surface area contributed by atoms with E-state index in [2.05, 4.69) is 70.4 Å². The minimum absolute atomic E-state index is 0.00158. The first kappa shape index (κ1) is 71.8. The number of aliphatic hydroxyl groups is 1. The van der Waals surface area contributed by atoms with E-state index in [1.54, 1.807) is 21.2 Å². The molecule has 41 heteroatoms. The van der Waals surface area contributed by atoms with Crippen LogP contribution < -0.4 is 50.2 Å². The molecule has 0 rings (SSSR count). The maximum atomic E-state index is 12.1. The topological polar surface area (TPSA) is 496 Å². The Morgan fingerprint density at radius 3 is 1.16 bits per heavy atom. The third kappa shape index (κ3) is 52.7. The SMILES string of the molecule is CCOP(=O)([O-])OCCOP(=O)([O-])O.CNCOC.CNCOCCC(CO)OP(=O)([O-])OCCOP(=O)([O-])OCCOP(=O)([O-])OCC(CCOCNC)OP(=O)([O-])OCCOP(C)(=O)[O-]. The molecule has 67 heavy (non-hydrogen) atoms. The van der Waals surface area contributed by atoms with Crippen molar-refractivity contribution in [1.82, 2.24) is 16.0 Å². The molecule has 0 aromatic rings. The van der Waals surface area contributed by atoms with Crippen molar-refractivity contribution in [2.24, 2.45) is 0 Å². The van der Waals surface area contributed by atoms with E-state index in [0.717, 1.165) is 6.66 Å². The first-order valence-corrected chi connectivity index (χ1v) is 29.6. The van der Waals surface area contributed by atoms with Gasteiger partial charge >= 0.3 is 0 Å². The van der Waals surface area contributed by atoms with Gasteiger partial charge in [-0.2, -0.15) is 0 Å². The summed E-state index contributed by atoms with van der Waals surface area (Å²) in [6.07, 6.45) is -2.91. The third-order valence-electron chi connectivity index (χ3n) is 5.83. The van der Waals surface area contributed by atoms with Crippen molar-refractivity contribution in [2.75, 3.05) is 141 Å². The Bertz CT molecular complexity index is 1580. The van der Waals surface area contributed by atoms with Gasteiger partial charge in [0.05, 0.1) is 118 Å². The van der Waals surface area contributed by atoms with Gasteiger partial charge in [-0.15, -0.1) is 0 Å². The molecule has 0 aliphatic rings. The second kappa shape index (κ2) is 40.0. The van der Waals surface area contributed by atoms with Crippen LogP contribution in [-0.2, 0) is 100 Å². The van der Waals surface area contributed by atoms with Crippen LogP contribution in [0.2, 0.25) is 0 Å². The van der Waals surface area contributed by atoms with Gasteiger partial charge in [-0.1, -0.05) is 0 Å². The van der Waals surface area contributed by atoms with Gasteiger partial charge < -0.3 is 117 Å². The molecule has 0 aromatic carbocycles. The molecule has 0 radical (unpaired) electrons. The van der Waals surface area contributed by atoms with E-state index in [0.29, 0.717) is 6.73 Å². The van der Waals surface area contributed by atoms with E-state index in [1.807, 2.05) is 7.05 Å². The number of methoxy groups -OCH3 is 1. The summed E-state index contributed by atoms with van der Waals surface area (Å²) in [7, 11) is -27.1. The second-order valence-electron chi connectivity index (χ2n) is 11.7. The predicted molar refractivity (Wildman–Crippen MR) is 213 cm³/mol. The van der Waals surface area contributed by atoms with Gasteiger partial charge in [-0.05, 0) is 40.9 Å². The summed E-state index contributed by atoms with van der Waals surface area (Å²) in [4.78, 5) is 87.6. The number of nitrogens with one attached hydrogen (secondary N) is 3. The molecular formula is C26H61N3O31P7-7. The zero-order valence-corrected chi connectivity index (χ0v) is 43.5. The highest BCUT2D eigenvalue weighted by molar-refractivity contribution is 7.50. The lowest BCUT2D eigenvalue weighted by Crippen LogP contribution is -2.26. The fourth-order valence-corrected chi connectivity index (χ4v) is 7.97. The Labute approximate surface area is 387 Å². The summed E-state index contributed by atoms with van der Waals surface area (Å²) in [5.74, 6) is 0. The molecule has 0 fully saturated rings. The van der Waals surface area contributed by atoms with Gasteiger partial charge in [0.25, 0.3) is 46.9 Å². The summed E-state index contributed by atoms with van der Waals surface area (Å²) in [6.45, 7) is -4.72. The molecule has 0 amide bonds. The van der Waals surface area contributed by atoms with Crippen LogP contribution in [0.15, 0.2) is 0 Å². The lowest BCUT2D eigenvalue weighted by molar-refractivity contribution is -0.241. The summed E-state index contributed by atoms with van der Waals surface area (Å²) in [6, 6.07) is 0. The van der Waals surface area contributed by atoms with Crippen molar-refractivity contribution in [3.05, 3.63) is 0 Å². The van der Waals surface area contributed by atoms with Crippen LogP contribution in [0.4, 0.5) is 0 Å². The fraction of sp³-hybridized carbons (Fsp3) is 1.00. The van der Waals surface area contributed by atoms with E-state index in [4.69, 9.17) is 18.9 Å². The van der Waals surface area contributed by atoms with Crippen molar-refractivity contribution in [1.29, 1.82) is 0 Å². The van der Waals surface area contributed by atoms with E-state index in [9.17, 15) is 71.3 Å². The van der Waals surface area contributed by atoms with E-state index < -0.39 is 133 Å². The van der Waals surface area contributed by atoms with Gasteiger partial charge in [0, 0.05) is 13.8 Å². The number of rotatable bonds is 42. The van der Waals surface area contributed by atoms with Crippen LogP contribution in [0.3, 0.4) is 0 Å². The Balaban J connectivity index is -0.00000178. The van der Waals surface area contributed by atoms with Crippen LogP contribution in [0, 0.1) is 0 Å². The van der Waals surface area contributed by atoms with E-state index in [-0.39, 0.29) is 46.1 Å². The number of phosphoric ester groups is 6. The van der Waals surface area contributed by atoms with Crippen molar-refractivity contribution in [3.63, 3.8) is 0 Å². The zero-order valence-electron chi connectivity index (χ0n) is 37.2. The lowest BCUT2D eigenvalue weighted by atomic mass is 10.3. The first-order chi connectivity index (χ1) is 30.9. The highest BCUT2D eigenvalue weighted by atomic mass is 31.2. The van der Waals surface area contributed by atoms with Crippen molar-refractivity contribution >= 4 is 54.5 Å². The van der Waals surface area contributed by atoms with Gasteiger partial charge in [0.15, 0.2) is 0 Å².